The van der Waals surface area contributed by atoms with Crippen molar-refractivity contribution in [2.45, 2.75) is 0 Å². The van der Waals surface area contributed by atoms with Crippen molar-refractivity contribution in [3.05, 3.63) is 42.2 Å². The zero-order chi connectivity index (χ0) is 9.97. The third kappa shape index (κ3) is 1.23. The molecule has 1 aromatic heterocycles. The Kier molecular flexibility index (Phi) is 1.96. The van der Waals surface area contributed by atoms with E-state index in [1.54, 1.807) is 6.26 Å². The lowest BCUT2D eigenvalue weighted by molar-refractivity contribution is 0.614. The number of nitrogens with two attached hydrogens (primary N) is 1. The number of hydrogen-bond donors (Lipinski definition) is 1. The summed E-state index contributed by atoms with van der Waals surface area (Å²) in [7, 11) is 0. The van der Waals surface area contributed by atoms with Crippen molar-refractivity contribution in [2.75, 3.05) is 0 Å². The number of benzene rings is 1. The first-order chi connectivity index (χ1) is 6.83. The average Bonchev–Trinajstić information content (AvgIpc) is 2.61. The largest absolute Gasteiger partial charge is 0.464 e. The first-order valence-electron chi connectivity index (χ1n) is 4.15. The first-order valence-corrected chi connectivity index (χ1v) is 4.15. The summed E-state index contributed by atoms with van der Waals surface area (Å²) in [5, 5.41) is 9.40. The van der Waals surface area contributed by atoms with E-state index in [9.17, 15) is 0 Å². The molecule has 0 bridgehead atoms. The molecule has 0 fully saturated rings. The number of fused-ring (bicyclic) bond motifs is 1. The lowest BCUT2D eigenvalue weighted by Crippen LogP contribution is -1.93. The first kappa shape index (κ1) is 8.39. The maximum Gasteiger partial charge on any atom is 0.134 e. The SMILES string of the molecule is N#C/C=C(/N)c1coc2ccccc12. The van der Waals surface area contributed by atoms with Crippen molar-refractivity contribution in [3.63, 3.8) is 0 Å². The van der Waals surface area contributed by atoms with Crippen LogP contribution in [-0.4, -0.2) is 0 Å². The quantitative estimate of drug-likeness (QED) is 0.691. The highest BCUT2D eigenvalue weighted by Gasteiger charge is 2.06. The molecule has 0 aliphatic heterocycles. The summed E-state index contributed by atoms with van der Waals surface area (Å²) in [5.41, 5.74) is 7.66. The fourth-order valence-corrected chi connectivity index (χ4v) is 1.35. The number of nitriles is 1. The van der Waals surface area contributed by atoms with Gasteiger partial charge in [0.15, 0.2) is 0 Å². The molecule has 68 valence electrons. The second-order valence-corrected chi connectivity index (χ2v) is 2.87. The molecule has 2 rings (SSSR count). The number of rotatable bonds is 1. The van der Waals surface area contributed by atoms with Crippen LogP contribution in [0.5, 0.6) is 0 Å². The van der Waals surface area contributed by atoms with Gasteiger partial charge >= 0.3 is 0 Å². The summed E-state index contributed by atoms with van der Waals surface area (Å²) in [6, 6.07) is 9.45. The Morgan fingerprint density at radius 3 is 3.00 bits per heavy atom. The van der Waals surface area contributed by atoms with E-state index in [1.165, 1.54) is 6.08 Å². The van der Waals surface area contributed by atoms with E-state index in [0.29, 0.717) is 5.70 Å². The summed E-state index contributed by atoms with van der Waals surface area (Å²) in [4.78, 5) is 0. The highest BCUT2D eigenvalue weighted by Crippen LogP contribution is 2.24. The molecule has 0 saturated carbocycles. The molecule has 0 saturated heterocycles. The maximum absolute atomic E-state index is 8.47. The highest BCUT2D eigenvalue weighted by molar-refractivity contribution is 5.90. The summed E-state index contributed by atoms with van der Waals surface area (Å²) < 4.78 is 5.29. The zero-order valence-corrected chi connectivity index (χ0v) is 7.40. The molecule has 0 atom stereocenters. The second kappa shape index (κ2) is 3.27. The van der Waals surface area contributed by atoms with Gasteiger partial charge in [-0.25, -0.2) is 0 Å². The zero-order valence-electron chi connectivity index (χ0n) is 7.40. The van der Waals surface area contributed by atoms with Gasteiger partial charge in [0.2, 0.25) is 0 Å². The number of nitrogens with zero attached hydrogens (tertiary/aromatic N) is 1. The molecular formula is C11H8N2O. The lowest BCUT2D eigenvalue weighted by atomic mass is 10.1. The summed E-state index contributed by atoms with van der Waals surface area (Å²) in [6.07, 6.45) is 2.87. The van der Waals surface area contributed by atoms with Gasteiger partial charge in [-0.15, -0.1) is 0 Å². The van der Waals surface area contributed by atoms with Gasteiger partial charge in [0.1, 0.15) is 11.8 Å². The second-order valence-electron chi connectivity index (χ2n) is 2.87. The Labute approximate surface area is 81.0 Å². The number of para-hydroxylation sites is 1. The van der Waals surface area contributed by atoms with Gasteiger partial charge in [-0.2, -0.15) is 5.26 Å². The van der Waals surface area contributed by atoms with Crippen molar-refractivity contribution in [3.8, 4) is 6.07 Å². The Morgan fingerprint density at radius 2 is 2.21 bits per heavy atom. The Balaban J connectivity index is 2.65. The summed E-state index contributed by atoms with van der Waals surface area (Å²) in [6.45, 7) is 0. The van der Waals surface area contributed by atoms with Crippen LogP contribution in [0.25, 0.3) is 16.7 Å². The molecule has 0 aliphatic carbocycles. The molecule has 3 heteroatoms. The molecule has 14 heavy (non-hydrogen) atoms. The van der Waals surface area contributed by atoms with E-state index in [4.69, 9.17) is 15.4 Å². The molecule has 1 aromatic carbocycles. The van der Waals surface area contributed by atoms with E-state index in [1.807, 2.05) is 30.3 Å². The van der Waals surface area contributed by atoms with E-state index >= 15 is 0 Å². The van der Waals surface area contributed by atoms with E-state index in [-0.39, 0.29) is 0 Å². The predicted molar refractivity (Wildman–Crippen MR) is 54.0 cm³/mol. The van der Waals surface area contributed by atoms with Crippen LogP contribution in [0.4, 0.5) is 0 Å². The Morgan fingerprint density at radius 1 is 1.43 bits per heavy atom. The van der Waals surface area contributed by atoms with E-state index < -0.39 is 0 Å². The molecule has 0 radical (unpaired) electrons. The minimum atomic E-state index is 0.428. The van der Waals surface area contributed by atoms with Gasteiger partial charge in [0.05, 0.1) is 11.8 Å². The molecular weight excluding hydrogens is 176 g/mol. The maximum atomic E-state index is 8.47. The van der Waals surface area contributed by atoms with Crippen LogP contribution in [0, 0.1) is 11.3 Å². The Bertz CT molecular complexity index is 531. The van der Waals surface area contributed by atoms with Crippen molar-refractivity contribution in [1.29, 1.82) is 5.26 Å². The van der Waals surface area contributed by atoms with Gasteiger partial charge in [-0.05, 0) is 6.07 Å². The highest BCUT2D eigenvalue weighted by atomic mass is 16.3. The van der Waals surface area contributed by atoms with Gasteiger partial charge in [-0.3, -0.25) is 0 Å². The molecule has 0 aliphatic rings. The average molecular weight is 184 g/mol. The number of allylic oxidation sites excluding steroid dienone is 1. The van der Waals surface area contributed by atoms with Crippen LogP contribution < -0.4 is 5.73 Å². The number of hydrogen-bond acceptors (Lipinski definition) is 3. The molecule has 0 unspecified atom stereocenters. The van der Waals surface area contributed by atoms with Crippen LogP contribution in [0.2, 0.25) is 0 Å². The fourth-order valence-electron chi connectivity index (χ4n) is 1.35. The van der Waals surface area contributed by atoms with Crippen molar-refractivity contribution >= 4 is 16.7 Å². The summed E-state index contributed by atoms with van der Waals surface area (Å²) in [5.74, 6) is 0. The monoisotopic (exact) mass is 184 g/mol. The minimum absolute atomic E-state index is 0.428. The smallest absolute Gasteiger partial charge is 0.134 e. The summed E-state index contributed by atoms with van der Waals surface area (Å²) >= 11 is 0. The molecule has 2 aromatic rings. The van der Waals surface area contributed by atoms with Gasteiger partial charge < -0.3 is 10.2 Å². The van der Waals surface area contributed by atoms with E-state index in [0.717, 1.165) is 16.5 Å². The predicted octanol–water partition coefficient (Wildman–Crippen LogP) is 2.26. The van der Waals surface area contributed by atoms with Crippen LogP contribution >= 0.6 is 0 Å². The van der Waals surface area contributed by atoms with Gasteiger partial charge in [0.25, 0.3) is 0 Å². The number of furan rings is 1. The van der Waals surface area contributed by atoms with Crippen molar-refractivity contribution < 1.29 is 4.42 Å². The van der Waals surface area contributed by atoms with Crippen LogP contribution in [0.15, 0.2) is 41.0 Å². The third-order valence-corrected chi connectivity index (χ3v) is 2.01. The normalized spacial score (nSPS) is 11.5. The van der Waals surface area contributed by atoms with Crippen LogP contribution in [-0.2, 0) is 0 Å². The standard InChI is InChI=1S/C11H8N2O/c12-6-5-10(13)9-7-14-11-4-2-1-3-8(9)11/h1-5,7H,13H2/b10-5+. The lowest BCUT2D eigenvalue weighted by Gasteiger charge is -1.94. The fraction of sp³-hybridized carbons (Fsp3) is 0. The van der Waals surface area contributed by atoms with Gasteiger partial charge in [0, 0.05) is 17.0 Å². The minimum Gasteiger partial charge on any atom is -0.464 e. The van der Waals surface area contributed by atoms with Crippen LogP contribution in [0.1, 0.15) is 5.56 Å². The van der Waals surface area contributed by atoms with Crippen molar-refractivity contribution in [1.82, 2.24) is 0 Å². The molecule has 0 spiro atoms. The molecule has 3 nitrogen and oxygen atoms in total. The third-order valence-electron chi connectivity index (χ3n) is 2.01. The van der Waals surface area contributed by atoms with Crippen molar-refractivity contribution in [2.24, 2.45) is 5.73 Å². The van der Waals surface area contributed by atoms with Gasteiger partial charge in [-0.1, -0.05) is 18.2 Å². The molecule has 1 heterocycles. The Hall–Kier alpha value is -2.21. The molecule has 2 N–H and O–H groups in total. The molecule has 0 amide bonds. The van der Waals surface area contributed by atoms with Crippen LogP contribution in [0.3, 0.4) is 0 Å². The topological polar surface area (TPSA) is 63.0 Å². The van der Waals surface area contributed by atoms with E-state index in [2.05, 4.69) is 0 Å².